The average Bonchev–Trinajstić information content (AvgIpc) is 2.84. The van der Waals surface area contributed by atoms with Gasteiger partial charge in [0.25, 0.3) is 0 Å². The van der Waals surface area contributed by atoms with Gasteiger partial charge in [0.15, 0.2) is 0 Å². The zero-order valence-electron chi connectivity index (χ0n) is 12.5. The Morgan fingerprint density at radius 2 is 2.05 bits per heavy atom. The molecule has 1 N–H and O–H groups in total. The second-order valence-electron chi connectivity index (χ2n) is 6.17. The first-order chi connectivity index (χ1) is 9.71. The Bertz CT molecular complexity index is 477. The summed E-state index contributed by atoms with van der Waals surface area (Å²) in [6.07, 6.45) is 4.03. The summed E-state index contributed by atoms with van der Waals surface area (Å²) in [4.78, 5) is 2.60. The Hall–Kier alpha value is -0.290. The van der Waals surface area contributed by atoms with E-state index < -0.39 is 0 Å². The number of ether oxygens (including phenoxy) is 1. The van der Waals surface area contributed by atoms with Crippen molar-refractivity contribution >= 4 is 28.3 Å². The first-order valence-electron chi connectivity index (χ1n) is 7.46. The van der Waals surface area contributed by atoms with Crippen molar-refractivity contribution in [2.45, 2.75) is 25.8 Å². The molecule has 0 radical (unpaired) electrons. The van der Waals surface area contributed by atoms with Gasteiger partial charge < -0.3 is 10.1 Å². The van der Waals surface area contributed by atoms with Gasteiger partial charge in [0.1, 0.15) is 5.75 Å². The number of methoxy groups -OCH3 is 1. The van der Waals surface area contributed by atoms with Gasteiger partial charge in [-0.25, -0.2) is 0 Å². The van der Waals surface area contributed by atoms with Crippen LogP contribution in [0, 0.1) is 5.41 Å². The lowest BCUT2D eigenvalue weighted by Gasteiger charge is -2.34. The van der Waals surface area contributed by atoms with E-state index in [4.69, 9.17) is 4.74 Å². The van der Waals surface area contributed by atoms with E-state index in [0.29, 0.717) is 5.41 Å². The highest BCUT2D eigenvalue weighted by molar-refractivity contribution is 9.10. The lowest BCUT2D eigenvalue weighted by Crippen LogP contribution is -2.38. The summed E-state index contributed by atoms with van der Waals surface area (Å²) in [5, 5.41) is 3.48. The molecule has 5 heteroatoms. The van der Waals surface area contributed by atoms with Crippen LogP contribution in [0.1, 0.15) is 24.8 Å². The molecule has 21 heavy (non-hydrogen) atoms. The molecule has 118 valence electrons. The number of likely N-dealkylation sites (tertiary alicyclic amines) is 1. The Kier molecular flexibility index (Phi) is 5.95. The number of nitrogens with one attached hydrogen (secondary N) is 1. The van der Waals surface area contributed by atoms with Gasteiger partial charge >= 0.3 is 0 Å². The maximum atomic E-state index is 5.34. The maximum Gasteiger partial charge on any atom is 0.119 e. The van der Waals surface area contributed by atoms with Crippen molar-refractivity contribution in [3.8, 4) is 5.75 Å². The number of rotatable bonds is 3. The third kappa shape index (κ3) is 3.92. The minimum Gasteiger partial charge on any atom is -0.497 e. The predicted octanol–water partition coefficient (Wildman–Crippen LogP) is 3.46. The summed E-state index contributed by atoms with van der Waals surface area (Å²) in [5.41, 5.74) is 1.91. The summed E-state index contributed by atoms with van der Waals surface area (Å²) in [5.74, 6) is 0.943. The molecule has 1 aromatic carbocycles. The van der Waals surface area contributed by atoms with Gasteiger partial charge in [-0.05, 0) is 68.1 Å². The lowest BCUT2D eigenvalue weighted by atomic mass is 9.78. The number of nitrogens with zero attached hydrogens (tertiary/aromatic N) is 1. The first kappa shape index (κ1) is 17.1. The van der Waals surface area contributed by atoms with Crippen molar-refractivity contribution in [3.05, 3.63) is 28.2 Å². The van der Waals surface area contributed by atoms with Crippen molar-refractivity contribution in [1.82, 2.24) is 10.2 Å². The first-order valence-corrected chi connectivity index (χ1v) is 8.26. The van der Waals surface area contributed by atoms with Gasteiger partial charge in [-0.2, -0.15) is 0 Å². The van der Waals surface area contributed by atoms with Gasteiger partial charge in [-0.1, -0.05) is 15.9 Å². The third-order valence-electron chi connectivity index (χ3n) is 4.83. The van der Waals surface area contributed by atoms with Gasteiger partial charge in [0.05, 0.1) is 7.11 Å². The smallest absolute Gasteiger partial charge is 0.119 e. The lowest BCUT2D eigenvalue weighted by molar-refractivity contribution is 0.194. The number of hydrogen-bond acceptors (Lipinski definition) is 3. The van der Waals surface area contributed by atoms with Crippen molar-refractivity contribution in [1.29, 1.82) is 0 Å². The summed E-state index contributed by atoms with van der Waals surface area (Å²) in [6, 6.07) is 6.24. The van der Waals surface area contributed by atoms with Crippen molar-refractivity contribution < 1.29 is 4.74 Å². The number of piperidine rings is 1. The van der Waals surface area contributed by atoms with E-state index in [1.807, 2.05) is 6.07 Å². The van der Waals surface area contributed by atoms with E-state index in [1.165, 1.54) is 55.5 Å². The Balaban J connectivity index is 0.00000161. The molecule has 1 spiro atoms. The molecule has 2 aliphatic rings. The highest BCUT2D eigenvalue weighted by Crippen LogP contribution is 2.39. The minimum absolute atomic E-state index is 0. The van der Waals surface area contributed by atoms with E-state index in [1.54, 1.807) is 7.11 Å². The minimum atomic E-state index is 0. The molecule has 2 saturated heterocycles. The molecule has 0 saturated carbocycles. The fourth-order valence-corrected chi connectivity index (χ4v) is 3.94. The SMILES string of the molecule is COc1ccc(Br)c(CN2CCC3(CCNCC3)C2)c1.Cl. The number of hydrogen-bond donors (Lipinski definition) is 1. The van der Waals surface area contributed by atoms with Gasteiger partial charge in [0.2, 0.25) is 0 Å². The van der Waals surface area contributed by atoms with Crippen LogP contribution in [0.2, 0.25) is 0 Å². The second kappa shape index (κ2) is 7.32. The van der Waals surface area contributed by atoms with Crippen molar-refractivity contribution in [3.63, 3.8) is 0 Å². The third-order valence-corrected chi connectivity index (χ3v) is 5.60. The van der Waals surface area contributed by atoms with Gasteiger partial charge in [-0.15, -0.1) is 12.4 Å². The zero-order valence-corrected chi connectivity index (χ0v) is 14.9. The molecule has 0 atom stereocenters. The largest absolute Gasteiger partial charge is 0.497 e. The molecule has 2 aliphatic heterocycles. The van der Waals surface area contributed by atoms with Crippen LogP contribution in [0.5, 0.6) is 5.75 Å². The molecule has 1 aromatic rings. The summed E-state index contributed by atoms with van der Waals surface area (Å²) < 4.78 is 6.52. The maximum absolute atomic E-state index is 5.34. The van der Waals surface area contributed by atoms with Crippen LogP contribution >= 0.6 is 28.3 Å². The molecular weight excluding hydrogens is 352 g/mol. The van der Waals surface area contributed by atoms with Crippen LogP contribution in [0.4, 0.5) is 0 Å². The Morgan fingerprint density at radius 1 is 1.29 bits per heavy atom. The Morgan fingerprint density at radius 3 is 2.76 bits per heavy atom. The van der Waals surface area contributed by atoms with Crippen LogP contribution in [-0.2, 0) is 6.54 Å². The predicted molar refractivity (Wildman–Crippen MR) is 92.4 cm³/mol. The zero-order chi connectivity index (χ0) is 14.0. The van der Waals surface area contributed by atoms with E-state index in [2.05, 4.69) is 38.3 Å². The van der Waals surface area contributed by atoms with Crippen LogP contribution in [-0.4, -0.2) is 38.2 Å². The second-order valence-corrected chi connectivity index (χ2v) is 7.02. The molecule has 3 rings (SSSR count). The van der Waals surface area contributed by atoms with Gasteiger partial charge in [0, 0.05) is 17.6 Å². The standard InChI is InChI=1S/C16H23BrN2O.ClH/c1-20-14-2-3-15(17)13(10-14)11-19-9-6-16(12-19)4-7-18-8-5-16;/h2-3,10,18H,4-9,11-12H2,1H3;1H. The quantitative estimate of drug-likeness (QED) is 0.875. The molecule has 0 unspecified atom stereocenters. The number of halogens is 2. The van der Waals surface area contributed by atoms with Crippen LogP contribution in [0.25, 0.3) is 0 Å². The Labute approximate surface area is 142 Å². The highest BCUT2D eigenvalue weighted by Gasteiger charge is 2.38. The molecule has 0 aliphatic carbocycles. The summed E-state index contributed by atoms with van der Waals surface area (Å²) in [7, 11) is 1.73. The van der Waals surface area contributed by atoms with Crippen LogP contribution < -0.4 is 10.1 Å². The molecule has 0 bridgehead atoms. The molecule has 0 amide bonds. The van der Waals surface area contributed by atoms with Crippen LogP contribution in [0.3, 0.4) is 0 Å². The molecule has 2 heterocycles. The summed E-state index contributed by atoms with van der Waals surface area (Å²) in [6.45, 7) is 5.88. The van der Waals surface area contributed by atoms with Crippen molar-refractivity contribution in [2.75, 3.05) is 33.3 Å². The monoisotopic (exact) mass is 374 g/mol. The van der Waals surface area contributed by atoms with E-state index in [-0.39, 0.29) is 12.4 Å². The van der Waals surface area contributed by atoms with Crippen molar-refractivity contribution in [2.24, 2.45) is 5.41 Å². The van der Waals surface area contributed by atoms with E-state index in [0.717, 1.165) is 12.3 Å². The van der Waals surface area contributed by atoms with Crippen LogP contribution in [0.15, 0.2) is 22.7 Å². The highest BCUT2D eigenvalue weighted by atomic mass is 79.9. The fourth-order valence-electron chi connectivity index (χ4n) is 3.57. The average molecular weight is 376 g/mol. The number of benzene rings is 1. The topological polar surface area (TPSA) is 24.5 Å². The van der Waals surface area contributed by atoms with E-state index >= 15 is 0 Å². The van der Waals surface area contributed by atoms with Gasteiger partial charge in [-0.3, -0.25) is 4.90 Å². The molecular formula is C16H24BrClN2O. The molecule has 2 fully saturated rings. The van der Waals surface area contributed by atoms with E-state index in [9.17, 15) is 0 Å². The normalized spacial score (nSPS) is 21.2. The fraction of sp³-hybridized carbons (Fsp3) is 0.625. The summed E-state index contributed by atoms with van der Waals surface area (Å²) >= 11 is 3.66. The molecule has 3 nitrogen and oxygen atoms in total. The molecule has 0 aromatic heterocycles.